The molecule has 2 N–H and O–H groups in total. The van der Waals surface area contributed by atoms with Gasteiger partial charge in [-0.3, -0.25) is 9.59 Å². The largest absolute Gasteiger partial charge is 0.487 e. The Hall–Kier alpha value is -3.80. The van der Waals surface area contributed by atoms with Crippen LogP contribution in [0.5, 0.6) is 5.75 Å². The molecule has 3 aromatic rings. The highest BCUT2D eigenvalue weighted by atomic mass is 16.5. The summed E-state index contributed by atoms with van der Waals surface area (Å²) in [6.07, 6.45) is 3.64. The van der Waals surface area contributed by atoms with Crippen LogP contribution in [0.25, 0.3) is 6.08 Å². The lowest BCUT2D eigenvalue weighted by Crippen LogP contribution is -2.43. The van der Waals surface area contributed by atoms with Crippen molar-refractivity contribution >= 4 is 17.9 Å². The van der Waals surface area contributed by atoms with E-state index in [1.54, 1.807) is 24.3 Å². The quantitative estimate of drug-likeness (QED) is 0.538. The molecule has 1 aliphatic rings. The van der Waals surface area contributed by atoms with Gasteiger partial charge in [-0.15, -0.1) is 0 Å². The maximum atomic E-state index is 13.4. The maximum absolute atomic E-state index is 13.4. The molecular weight excluding hydrogens is 416 g/mol. The summed E-state index contributed by atoms with van der Waals surface area (Å²) in [5.74, 6) is 0.452. The lowest BCUT2D eigenvalue weighted by atomic mass is 9.89. The van der Waals surface area contributed by atoms with E-state index < -0.39 is 11.5 Å². The van der Waals surface area contributed by atoms with Crippen LogP contribution < -0.4 is 15.4 Å². The van der Waals surface area contributed by atoms with E-state index in [0.29, 0.717) is 17.7 Å². The van der Waals surface area contributed by atoms with Crippen LogP contribution in [0.3, 0.4) is 0 Å². The average molecular weight is 445 g/mol. The van der Waals surface area contributed by atoms with Crippen LogP contribution in [0.15, 0.2) is 71.0 Å². The van der Waals surface area contributed by atoms with Gasteiger partial charge in [0, 0.05) is 23.6 Å². The molecule has 2 aromatic carbocycles. The van der Waals surface area contributed by atoms with Crippen molar-refractivity contribution in [1.82, 2.24) is 10.6 Å². The second kappa shape index (κ2) is 8.98. The van der Waals surface area contributed by atoms with Gasteiger partial charge in [0.15, 0.2) is 0 Å². The number of carbonyl (C=O) groups is 2. The van der Waals surface area contributed by atoms with Crippen molar-refractivity contribution in [3.63, 3.8) is 0 Å². The third kappa shape index (κ3) is 5.34. The first-order chi connectivity index (χ1) is 15.7. The summed E-state index contributed by atoms with van der Waals surface area (Å²) in [5.41, 5.74) is 3.09. The van der Waals surface area contributed by atoms with Gasteiger partial charge in [0.2, 0.25) is 0 Å². The number of hydrogen-bond acceptors (Lipinski definition) is 4. The van der Waals surface area contributed by atoms with Crippen LogP contribution >= 0.6 is 0 Å². The van der Waals surface area contributed by atoms with Crippen molar-refractivity contribution in [1.29, 1.82) is 0 Å². The molecule has 33 heavy (non-hydrogen) atoms. The van der Waals surface area contributed by atoms with E-state index in [9.17, 15) is 9.59 Å². The van der Waals surface area contributed by atoms with Gasteiger partial charge < -0.3 is 19.8 Å². The van der Waals surface area contributed by atoms with Crippen LogP contribution in [0, 0.1) is 13.8 Å². The summed E-state index contributed by atoms with van der Waals surface area (Å²) >= 11 is 0. The van der Waals surface area contributed by atoms with E-state index in [2.05, 4.69) is 10.6 Å². The molecule has 2 amide bonds. The average Bonchev–Trinajstić information content (AvgIpc) is 3.26. The molecular formula is C27H28N2O4. The number of carbonyl (C=O) groups excluding carboxylic acids is 2. The molecule has 1 aromatic heterocycles. The topological polar surface area (TPSA) is 80.6 Å². The van der Waals surface area contributed by atoms with Crippen LogP contribution in [0.2, 0.25) is 0 Å². The maximum Gasteiger partial charge on any atom is 0.268 e. The Kier molecular flexibility index (Phi) is 6.09. The summed E-state index contributed by atoms with van der Waals surface area (Å²) in [6.45, 7) is 7.90. The predicted molar refractivity (Wildman–Crippen MR) is 127 cm³/mol. The molecule has 0 bridgehead atoms. The summed E-state index contributed by atoms with van der Waals surface area (Å²) in [4.78, 5) is 26.3. The van der Waals surface area contributed by atoms with E-state index in [-0.39, 0.29) is 17.6 Å². The Bertz CT molecular complexity index is 1210. The second-order valence-corrected chi connectivity index (χ2v) is 9.03. The van der Waals surface area contributed by atoms with Crippen molar-refractivity contribution in [3.8, 4) is 5.75 Å². The van der Waals surface area contributed by atoms with Crippen LogP contribution in [0.1, 0.15) is 59.1 Å². The third-order valence-corrected chi connectivity index (χ3v) is 5.53. The fourth-order valence-corrected chi connectivity index (χ4v) is 3.99. The molecule has 6 heteroatoms. The number of fused-ring (bicyclic) bond motifs is 1. The molecule has 0 radical (unpaired) electrons. The van der Waals surface area contributed by atoms with Gasteiger partial charge in [-0.2, -0.15) is 0 Å². The molecule has 4 rings (SSSR count). The van der Waals surface area contributed by atoms with E-state index in [1.165, 1.54) is 12.3 Å². The predicted octanol–water partition coefficient (Wildman–Crippen LogP) is 5.09. The molecule has 0 saturated carbocycles. The normalized spacial score (nSPS) is 17.0. The Morgan fingerprint density at radius 3 is 2.55 bits per heavy atom. The second-order valence-electron chi connectivity index (χ2n) is 9.03. The smallest absolute Gasteiger partial charge is 0.268 e. The number of amides is 2. The van der Waals surface area contributed by atoms with Gasteiger partial charge in [-0.1, -0.05) is 35.4 Å². The summed E-state index contributed by atoms with van der Waals surface area (Å²) in [5, 5.41) is 5.86. The minimum Gasteiger partial charge on any atom is -0.487 e. The fraction of sp³-hybridized carbons (Fsp3) is 0.259. The molecule has 1 atom stereocenters. The van der Waals surface area contributed by atoms with E-state index in [1.807, 2.05) is 58.0 Å². The minimum atomic E-state index is -0.449. The van der Waals surface area contributed by atoms with Crippen molar-refractivity contribution < 1.29 is 18.7 Å². The van der Waals surface area contributed by atoms with Gasteiger partial charge >= 0.3 is 0 Å². The minimum absolute atomic E-state index is 0.106. The first-order valence-corrected chi connectivity index (χ1v) is 10.9. The summed E-state index contributed by atoms with van der Waals surface area (Å²) in [7, 11) is 0. The first-order valence-electron chi connectivity index (χ1n) is 10.9. The van der Waals surface area contributed by atoms with Crippen molar-refractivity contribution in [2.75, 3.05) is 0 Å². The highest BCUT2D eigenvalue weighted by molar-refractivity contribution is 6.05. The molecule has 0 spiro atoms. The molecule has 0 aliphatic carbocycles. The zero-order valence-corrected chi connectivity index (χ0v) is 19.3. The number of ether oxygens (including phenoxy) is 1. The Morgan fingerprint density at radius 1 is 1.03 bits per heavy atom. The number of hydrogen-bond donors (Lipinski definition) is 2. The molecule has 6 nitrogen and oxygen atoms in total. The molecule has 170 valence electrons. The number of benzene rings is 2. The number of aryl methyl sites for hydroxylation is 2. The Balaban J connectivity index is 1.62. The van der Waals surface area contributed by atoms with E-state index in [4.69, 9.17) is 9.15 Å². The highest BCUT2D eigenvalue weighted by Crippen LogP contribution is 2.40. The van der Waals surface area contributed by atoms with Gasteiger partial charge in [0.25, 0.3) is 11.8 Å². The monoisotopic (exact) mass is 444 g/mol. The van der Waals surface area contributed by atoms with E-state index in [0.717, 1.165) is 22.4 Å². The zero-order chi connectivity index (χ0) is 23.6. The SMILES string of the molecule is Cc1cccc(C(=O)N/C(=C\c2ccco2)C(=O)N[C@@H]2CC(C)(C)Oc3ccc(C)cc32)c1. The molecule has 1 aliphatic heterocycles. The molecule has 0 fully saturated rings. The van der Waals surface area contributed by atoms with Gasteiger partial charge in [0.1, 0.15) is 22.8 Å². The fourth-order valence-electron chi connectivity index (χ4n) is 3.99. The molecule has 0 saturated heterocycles. The van der Waals surface area contributed by atoms with Gasteiger partial charge in [0.05, 0.1) is 12.3 Å². The first kappa shape index (κ1) is 22.4. The number of rotatable bonds is 5. The van der Waals surface area contributed by atoms with Crippen LogP contribution in [-0.2, 0) is 4.79 Å². The summed E-state index contributed by atoms with van der Waals surface area (Å²) in [6, 6.07) is 16.3. The standard InChI is InChI=1S/C27H28N2O4/c1-17-7-5-8-19(13-17)25(30)28-22(15-20-9-6-12-32-20)26(31)29-23-16-27(3,4)33-24-11-10-18(2)14-21(23)24/h5-15,23H,16H2,1-4H3,(H,28,30)(H,29,31)/b22-15-/t23-/m1/s1. The number of furan rings is 1. The molecule has 2 heterocycles. The Labute approximate surface area is 193 Å². The van der Waals surface area contributed by atoms with Crippen molar-refractivity contribution in [2.24, 2.45) is 0 Å². The number of nitrogens with one attached hydrogen (secondary N) is 2. The summed E-state index contributed by atoms with van der Waals surface area (Å²) < 4.78 is 11.5. The van der Waals surface area contributed by atoms with Crippen molar-refractivity contribution in [3.05, 3.63) is 94.6 Å². The molecule has 0 unspecified atom stereocenters. The van der Waals surface area contributed by atoms with E-state index >= 15 is 0 Å². The lowest BCUT2D eigenvalue weighted by Gasteiger charge is -2.38. The van der Waals surface area contributed by atoms with Crippen LogP contribution in [0.4, 0.5) is 0 Å². The van der Waals surface area contributed by atoms with Gasteiger partial charge in [-0.25, -0.2) is 0 Å². The highest BCUT2D eigenvalue weighted by Gasteiger charge is 2.35. The third-order valence-electron chi connectivity index (χ3n) is 5.53. The zero-order valence-electron chi connectivity index (χ0n) is 19.3. The lowest BCUT2D eigenvalue weighted by molar-refractivity contribution is -0.119. The van der Waals surface area contributed by atoms with Gasteiger partial charge in [-0.05, 0) is 58.0 Å². The Morgan fingerprint density at radius 2 is 1.82 bits per heavy atom. The van der Waals surface area contributed by atoms with Crippen LogP contribution in [-0.4, -0.2) is 17.4 Å². The van der Waals surface area contributed by atoms with Crippen molar-refractivity contribution in [2.45, 2.75) is 45.8 Å².